The number of hydrogen-bond donors (Lipinski definition) is 5. The molecule has 1 aliphatic heterocycles. The van der Waals surface area contributed by atoms with Crippen molar-refractivity contribution in [3.8, 4) is 0 Å². The second-order valence-electron chi connectivity index (χ2n) is 20.7. The van der Waals surface area contributed by atoms with Gasteiger partial charge in [-0.1, -0.05) is 90.4 Å². The Labute approximate surface area is 343 Å². The van der Waals surface area contributed by atoms with Crippen molar-refractivity contribution in [3.63, 3.8) is 0 Å². The van der Waals surface area contributed by atoms with E-state index in [1.165, 1.54) is 5.57 Å². The van der Waals surface area contributed by atoms with E-state index < -0.39 is 60.8 Å². The van der Waals surface area contributed by atoms with Gasteiger partial charge in [0.05, 0.1) is 12.0 Å². The topological polar surface area (TPSA) is 181 Å². The second-order valence-corrected chi connectivity index (χ2v) is 20.7. The minimum atomic E-state index is -1.65. The maximum Gasteiger partial charge on any atom is 0.407 e. The molecule has 5 aliphatic carbocycles. The Bertz CT molecular complexity index is 1750. The molecule has 0 unspecified atom stereocenters. The van der Waals surface area contributed by atoms with Crippen LogP contribution >= 0.6 is 0 Å². The molecule has 58 heavy (non-hydrogen) atoms. The molecular weight excluding hydrogens is 743 g/mol. The number of alkyl carbamates (subject to hydrolysis) is 1. The van der Waals surface area contributed by atoms with Crippen LogP contribution in [0, 0.1) is 50.2 Å². The first kappa shape index (κ1) is 43.1. The maximum absolute atomic E-state index is 14.6. The van der Waals surface area contributed by atoms with Crippen LogP contribution in [-0.4, -0.2) is 88.4 Å². The van der Waals surface area contributed by atoms with Crippen molar-refractivity contribution < 1.29 is 53.8 Å². The lowest BCUT2D eigenvalue weighted by molar-refractivity contribution is -0.297. The summed E-state index contributed by atoms with van der Waals surface area (Å²) in [5.74, 6) is -0.321. The third-order valence-corrected chi connectivity index (χ3v) is 16.9. The maximum atomic E-state index is 14.6. The Balaban J connectivity index is 1.07. The van der Waals surface area contributed by atoms with E-state index in [0.717, 1.165) is 56.9 Å². The summed E-state index contributed by atoms with van der Waals surface area (Å²) in [6, 6.07) is 9.37. The number of amides is 1. The van der Waals surface area contributed by atoms with E-state index >= 15 is 0 Å². The predicted octanol–water partition coefficient (Wildman–Crippen LogP) is 5.97. The summed E-state index contributed by atoms with van der Waals surface area (Å²) in [6.45, 7) is 15.7. The van der Waals surface area contributed by atoms with Crippen molar-refractivity contribution in [2.75, 3.05) is 13.2 Å². The summed E-state index contributed by atoms with van der Waals surface area (Å²) in [6.07, 6.45) is 2.26. The van der Waals surface area contributed by atoms with Gasteiger partial charge in [0.1, 0.15) is 43.7 Å². The van der Waals surface area contributed by atoms with E-state index in [0.29, 0.717) is 24.7 Å². The number of benzene rings is 1. The number of carbonyl (C=O) groups is 3. The van der Waals surface area contributed by atoms with E-state index in [9.17, 15) is 34.8 Å². The molecule has 12 heteroatoms. The van der Waals surface area contributed by atoms with Crippen LogP contribution in [0.4, 0.5) is 4.79 Å². The molecule has 0 radical (unpaired) electrons. The molecule has 1 aromatic carbocycles. The number of hydrogen-bond acceptors (Lipinski definition) is 11. The third kappa shape index (κ3) is 7.10. The van der Waals surface area contributed by atoms with Crippen molar-refractivity contribution in [3.05, 3.63) is 47.5 Å². The van der Waals surface area contributed by atoms with Gasteiger partial charge in [-0.25, -0.2) is 4.79 Å². The van der Waals surface area contributed by atoms with Gasteiger partial charge in [0.2, 0.25) is 6.29 Å². The molecule has 0 bridgehead atoms. The quantitative estimate of drug-likeness (QED) is 0.119. The van der Waals surface area contributed by atoms with Crippen LogP contribution in [0.25, 0.3) is 0 Å². The van der Waals surface area contributed by atoms with Gasteiger partial charge >= 0.3 is 18.0 Å². The van der Waals surface area contributed by atoms with Crippen molar-refractivity contribution in [1.29, 1.82) is 0 Å². The minimum Gasteiger partial charge on any atom is -0.460 e. The molecule has 5 fully saturated rings. The third-order valence-electron chi connectivity index (χ3n) is 16.9. The summed E-state index contributed by atoms with van der Waals surface area (Å²) in [7, 11) is 0. The standard InChI is InChI=1S/C46H67NO11/c1-41(2)19-21-46(39(53)58-38-37(52)36(51)35(50)30(25-48)56-38)22-20-44(6)28(29(46)23-41)13-14-32-43(5)17-16-33(42(3,4)31(43)15-18-45(32,44)7)57-34(49)24-47-40(54)55-26-27-11-9-8-10-12-27/h8-13,29-33,35-38,48,50-52H,14-26H2,1-7H3,(H,47,54)/t29-,30+,31-,32+,33-,35-,36-,37+,38-,43-,44+,45+,46-/m0/s1. The van der Waals surface area contributed by atoms with Crippen LogP contribution in [0.15, 0.2) is 42.0 Å². The molecule has 7 rings (SSSR count). The Morgan fingerprint density at radius 3 is 2.24 bits per heavy atom. The van der Waals surface area contributed by atoms with Crippen LogP contribution in [0.1, 0.15) is 118 Å². The van der Waals surface area contributed by atoms with Crippen molar-refractivity contribution in [1.82, 2.24) is 5.32 Å². The molecular formula is C46H67NO11. The van der Waals surface area contributed by atoms with Crippen LogP contribution < -0.4 is 5.32 Å². The second kappa shape index (κ2) is 15.5. The first-order valence-corrected chi connectivity index (χ1v) is 21.6. The van der Waals surface area contributed by atoms with Gasteiger partial charge in [-0.2, -0.15) is 0 Å². The monoisotopic (exact) mass is 809 g/mol. The molecule has 4 saturated carbocycles. The highest BCUT2D eigenvalue weighted by Crippen LogP contribution is 2.76. The van der Waals surface area contributed by atoms with Gasteiger partial charge in [0, 0.05) is 5.41 Å². The number of fused-ring (bicyclic) bond motifs is 7. The molecule has 5 N–H and O–H groups in total. The summed E-state index contributed by atoms with van der Waals surface area (Å²) in [5, 5.41) is 43.9. The first-order chi connectivity index (χ1) is 27.2. The van der Waals surface area contributed by atoms with Gasteiger partial charge in [-0.3, -0.25) is 9.59 Å². The van der Waals surface area contributed by atoms with Gasteiger partial charge in [0.25, 0.3) is 0 Å². The Hall–Kier alpha value is -3.03. The lowest BCUT2D eigenvalue weighted by Gasteiger charge is -2.71. The summed E-state index contributed by atoms with van der Waals surface area (Å²) in [5.41, 5.74) is 0.813. The minimum absolute atomic E-state index is 0.00406. The van der Waals surface area contributed by atoms with Crippen molar-refractivity contribution in [2.24, 2.45) is 50.2 Å². The lowest BCUT2D eigenvalue weighted by atomic mass is 9.33. The highest BCUT2D eigenvalue weighted by molar-refractivity contribution is 5.79. The number of rotatable bonds is 8. The summed E-state index contributed by atoms with van der Waals surface area (Å²) < 4.78 is 23.1. The summed E-state index contributed by atoms with van der Waals surface area (Å²) >= 11 is 0. The normalized spacial score (nSPS) is 42.5. The Morgan fingerprint density at radius 2 is 1.53 bits per heavy atom. The number of aliphatic hydroxyl groups is 4. The molecule has 1 heterocycles. The number of carbonyl (C=O) groups excluding carboxylic acids is 3. The number of aliphatic hydroxyl groups excluding tert-OH is 4. The highest BCUT2D eigenvalue weighted by Gasteiger charge is 2.70. The average Bonchev–Trinajstić information content (AvgIpc) is 3.18. The van der Waals surface area contributed by atoms with E-state index in [1.54, 1.807) is 0 Å². The SMILES string of the molecule is CC1(C)CC[C@]2(C(=O)O[C@@H]3O[C@H](CO)[C@H](O)[C@H](O)[C@H]3O)CC[C@]3(C)C(=CC[C@@H]4[C@@]5(C)CC[C@H](OC(=O)CNC(=O)OCc6ccccc6)C(C)(C)[C@@H]5CC[C@]43C)[C@@H]2C1. The molecule has 1 saturated heterocycles. The largest absolute Gasteiger partial charge is 0.460 e. The van der Waals surface area contributed by atoms with Crippen LogP contribution in [0.2, 0.25) is 0 Å². The molecule has 0 aromatic heterocycles. The van der Waals surface area contributed by atoms with Crippen molar-refractivity contribution >= 4 is 18.0 Å². The fraction of sp³-hybridized carbons (Fsp3) is 0.761. The van der Waals surface area contributed by atoms with Gasteiger partial charge in [-0.05, 0) is 109 Å². The summed E-state index contributed by atoms with van der Waals surface area (Å²) in [4.78, 5) is 40.0. The highest BCUT2D eigenvalue weighted by atomic mass is 16.7. The van der Waals surface area contributed by atoms with E-state index in [-0.39, 0.29) is 52.2 Å². The van der Waals surface area contributed by atoms with Crippen LogP contribution in [0.5, 0.6) is 0 Å². The number of esters is 2. The van der Waals surface area contributed by atoms with Crippen molar-refractivity contribution in [2.45, 2.75) is 156 Å². The number of nitrogens with one attached hydrogen (secondary N) is 1. The smallest absolute Gasteiger partial charge is 0.407 e. The molecule has 13 atom stereocenters. The fourth-order valence-corrected chi connectivity index (χ4v) is 13.3. The van der Waals surface area contributed by atoms with Gasteiger partial charge in [0.15, 0.2) is 0 Å². The van der Waals surface area contributed by atoms with E-state index in [1.807, 2.05) is 30.3 Å². The zero-order valence-electron chi connectivity index (χ0n) is 35.5. The Morgan fingerprint density at radius 1 is 0.828 bits per heavy atom. The van der Waals surface area contributed by atoms with Crippen LogP contribution in [-0.2, 0) is 35.1 Å². The lowest BCUT2D eigenvalue weighted by Crippen LogP contribution is -2.65. The molecule has 1 aromatic rings. The molecule has 12 nitrogen and oxygen atoms in total. The molecule has 322 valence electrons. The van der Waals surface area contributed by atoms with E-state index in [2.05, 4.69) is 59.9 Å². The van der Waals surface area contributed by atoms with Crippen LogP contribution in [0.3, 0.4) is 0 Å². The molecule has 0 spiro atoms. The number of ether oxygens (including phenoxy) is 4. The molecule has 1 amide bonds. The molecule has 6 aliphatic rings. The fourth-order valence-electron chi connectivity index (χ4n) is 13.3. The van der Waals surface area contributed by atoms with Gasteiger partial charge in [-0.15, -0.1) is 0 Å². The Kier molecular flexibility index (Phi) is 11.5. The number of allylic oxidation sites excluding steroid dienone is 2. The van der Waals surface area contributed by atoms with E-state index in [4.69, 9.17) is 18.9 Å². The predicted molar refractivity (Wildman–Crippen MR) is 213 cm³/mol. The van der Waals surface area contributed by atoms with Gasteiger partial charge < -0.3 is 44.7 Å². The zero-order chi connectivity index (χ0) is 42.1. The average molecular weight is 810 g/mol. The zero-order valence-corrected chi connectivity index (χ0v) is 35.5. The first-order valence-electron chi connectivity index (χ1n) is 21.6.